The number of hydrogen-bond donors (Lipinski definition) is 1. The molecule has 3 unspecified atom stereocenters. The summed E-state index contributed by atoms with van der Waals surface area (Å²) in [5, 5.41) is 3.30. The van der Waals surface area contributed by atoms with E-state index in [-0.39, 0.29) is 11.8 Å². The Kier molecular flexibility index (Phi) is 1.39. The van der Waals surface area contributed by atoms with Crippen molar-refractivity contribution in [2.45, 2.75) is 31.8 Å². The Labute approximate surface area is 66.7 Å². The highest BCUT2D eigenvalue weighted by molar-refractivity contribution is 5.98. The summed E-state index contributed by atoms with van der Waals surface area (Å²) in [6, 6.07) is 0.750. The molecular weight excluding hydrogens is 138 g/mol. The number of nitrogens with one attached hydrogen (secondary N) is 1. The number of carbonyl (C=O) groups is 1. The molecule has 1 saturated heterocycles. The summed E-state index contributed by atoms with van der Waals surface area (Å²) in [5.74, 6) is 1.00. The Morgan fingerprint density at radius 3 is 2.73 bits per heavy atom. The highest BCUT2D eigenvalue weighted by Crippen LogP contribution is 2.41. The third-order valence-electron chi connectivity index (χ3n) is 2.61. The molecule has 1 aliphatic carbocycles. The van der Waals surface area contributed by atoms with Gasteiger partial charge in [0.05, 0.1) is 6.04 Å². The number of Topliss-reactive ketones (excluding diaryl/α,β-unsaturated/α-hetero) is 1. The van der Waals surface area contributed by atoms with Crippen LogP contribution in [0.2, 0.25) is 0 Å². The van der Waals surface area contributed by atoms with Crippen LogP contribution in [-0.4, -0.2) is 17.9 Å². The van der Waals surface area contributed by atoms with Crippen LogP contribution < -0.4 is 5.32 Å². The molecule has 1 saturated carbocycles. The van der Waals surface area contributed by atoms with Gasteiger partial charge < -0.3 is 5.32 Å². The Balaban J connectivity index is 1.97. The topological polar surface area (TPSA) is 29.1 Å². The Bertz CT molecular complexity index is 212. The predicted octanol–water partition coefficient (Wildman–Crippen LogP) is 0.882. The number of carbonyl (C=O) groups excluding carboxylic acids is 1. The maximum Gasteiger partial charge on any atom is 0.174 e. The molecule has 1 N–H and O–H groups in total. The summed E-state index contributed by atoms with van der Waals surface area (Å²) < 4.78 is 0. The van der Waals surface area contributed by atoms with Gasteiger partial charge in [0, 0.05) is 6.04 Å². The molecule has 60 valence electrons. The highest BCUT2D eigenvalue weighted by atomic mass is 16.1. The van der Waals surface area contributed by atoms with Crippen LogP contribution in [0.4, 0.5) is 0 Å². The van der Waals surface area contributed by atoms with Gasteiger partial charge in [0.2, 0.25) is 0 Å². The molecule has 11 heavy (non-hydrogen) atoms. The molecule has 1 heterocycles. The summed E-state index contributed by atoms with van der Waals surface area (Å²) >= 11 is 0. The third kappa shape index (κ3) is 1.11. The molecule has 0 spiro atoms. The van der Waals surface area contributed by atoms with E-state index >= 15 is 0 Å². The van der Waals surface area contributed by atoms with E-state index in [4.69, 9.17) is 0 Å². The SMILES string of the molecule is C=C(C)C(=O)C1CC2CC2N1. The first-order valence-corrected chi connectivity index (χ1v) is 4.14. The fourth-order valence-corrected chi connectivity index (χ4v) is 1.82. The van der Waals surface area contributed by atoms with Crippen LogP contribution in [0.5, 0.6) is 0 Å². The smallest absolute Gasteiger partial charge is 0.174 e. The van der Waals surface area contributed by atoms with Gasteiger partial charge in [-0.15, -0.1) is 0 Å². The van der Waals surface area contributed by atoms with Gasteiger partial charge in [0.1, 0.15) is 0 Å². The quantitative estimate of drug-likeness (QED) is 0.594. The van der Waals surface area contributed by atoms with Gasteiger partial charge in [0.25, 0.3) is 0 Å². The third-order valence-corrected chi connectivity index (χ3v) is 2.61. The summed E-state index contributed by atoms with van der Waals surface area (Å²) in [7, 11) is 0. The van der Waals surface area contributed by atoms with Crippen LogP contribution >= 0.6 is 0 Å². The van der Waals surface area contributed by atoms with E-state index in [0.717, 1.165) is 12.3 Å². The molecule has 2 aliphatic rings. The van der Waals surface area contributed by atoms with Crippen molar-refractivity contribution >= 4 is 5.78 Å². The second-order valence-corrected chi connectivity index (χ2v) is 3.70. The Hall–Kier alpha value is -0.630. The number of rotatable bonds is 2. The predicted molar refractivity (Wildman–Crippen MR) is 43.3 cm³/mol. The number of hydrogen-bond acceptors (Lipinski definition) is 2. The molecule has 0 aromatic rings. The molecule has 0 bridgehead atoms. The van der Waals surface area contributed by atoms with Crippen molar-refractivity contribution in [1.29, 1.82) is 0 Å². The first-order valence-electron chi connectivity index (χ1n) is 4.14. The summed E-state index contributed by atoms with van der Waals surface area (Å²) in [4.78, 5) is 11.3. The van der Waals surface area contributed by atoms with Crippen LogP contribution in [-0.2, 0) is 4.79 Å². The molecule has 1 aliphatic heterocycles. The van der Waals surface area contributed by atoms with Crippen molar-refractivity contribution in [2.24, 2.45) is 5.92 Å². The normalized spacial score (nSPS) is 39.9. The van der Waals surface area contributed by atoms with E-state index in [2.05, 4.69) is 11.9 Å². The molecule has 3 atom stereocenters. The van der Waals surface area contributed by atoms with Crippen molar-refractivity contribution in [1.82, 2.24) is 5.32 Å². The molecule has 2 heteroatoms. The average molecular weight is 151 g/mol. The van der Waals surface area contributed by atoms with Gasteiger partial charge in [-0.25, -0.2) is 0 Å². The summed E-state index contributed by atoms with van der Waals surface area (Å²) in [5.41, 5.74) is 0.684. The molecule has 2 nitrogen and oxygen atoms in total. The van der Waals surface area contributed by atoms with E-state index in [1.54, 1.807) is 6.92 Å². The van der Waals surface area contributed by atoms with E-state index in [1.165, 1.54) is 6.42 Å². The number of ketones is 1. The Morgan fingerprint density at radius 1 is 1.55 bits per heavy atom. The summed E-state index contributed by atoms with van der Waals surface area (Å²) in [6.45, 7) is 5.44. The summed E-state index contributed by atoms with van der Waals surface area (Å²) in [6.07, 6.45) is 2.32. The van der Waals surface area contributed by atoms with Crippen molar-refractivity contribution in [2.75, 3.05) is 0 Å². The minimum Gasteiger partial charge on any atom is -0.304 e. The highest BCUT2D eigenvalue weighted by Gasteiger charge is 2.47. The van der Waals surface area contributed by atoms with E-state index in [0.29, 0.717) is 11.6 Å². The van der Waals surface area contributed by atoms with Crippen molar-refractivity contribution in [3.05, 3.63) is 12.2 Å². The fourth-order valence-electron chi connectivity index (χ4n) is 1.82. The molecule has 2 fully saturated rings. The minimum absolute atomic E-state index is 0.0937. The minimum atomic E-state index is 0.0937. The molecule has 0 radical (unpaired) electrons. The lowest BCUT2D eigenvalue weighted by molar-refractivity contribution is -0.117. The van der Waals surface area contributed by atoms with Crippen LogP contribution in [0.25, 0.3) is 0 Å². The van der Waals surface area contributed by atoms with Crippen LogP contribution in [0.15, 0.2) is 12.2 Å². The maximum absolute atomic E-state index is 11.3. The van der Waals surface area contributed by atoms with E-state index in [9.17, 15) is 4.79 Å². The molecular formula is C9H13NO. The van der Waals surface area contributed by atoms with E-state index < -0.39 is 0 Å². The monoisotopic (exact) mass is 151 g/mol. The van der Waals surface area contributed by atoms with E-state index in [1.807, 2.05) is 0 Å². The number of piperidine rings is 1. The van der Waals surface area contributed by atoms with Gasteiger partial charge in [0.15, 0.2) is 5.78 Å². The van der Waals surface area contributed by atoms with Crippen LogP contribution in [0.3, 0.4) is 0 Å². The van der Waals surface area contributed by atoms with Gasteiger partial charge in [-0.1, -0.05) is 6.58 Å². The zero-order valence-electron chi connectivity index (χ0n) is 6.76. The van der Waals surface area contributed by atoms with Crippen LogP contribution in [0.1, 0.15) is 19.8 Å². The lowest BCUT2D eigenvalue weighted by atomic mass is 10.0. The molecule has 0 aromatic carbocycles. The standard InChI is InChI=1S/C9H13NO/c1-5(2)9(11)8-4-6-3-7(6)10-8/h6-8,10H,1,3-4H2,2H3. The van der Waals surface area contributed by atoms with Gasteiger partial charge in [-0.3, -0.25) is 4.79 Å². The van der Waals surface area contributed by atoms with Crippen molar-refractivity contribution < 1.29 is 4.79 Å². The molecule has 0 amide bonds. The van der Waals surface area contributed by atoms with Gasteiger partial charge in [-0.2, -0.15) is 0 Å². The second-order valence-electron chi connectivity index (χ2n) is 3.70. The van der Waals surface area contributed by atoms with Crippen LogP contribution in [0, 0.1) is 5.92 Å². The zero-order valence-corrected chi connectivity index (χ0v) is 6.76. The first kappa shape index (κ1) is 7.04. The van der Waals surface area contributed by atoms with Gasteiger partial charge in [-0.05, 0) is 31.3 Å². The molecule has 2 rings (SSSR count). The molecule has 0 aromatic heterocycles. The number of fused-ring (bicyclic) bond motifs is 1. The average Bonchev–Trinajstić information content (AvgIpc) is 2.57. The lowest BCUT2D eigenvalue weighted by Crippen LogP contribution is -2.34. The van der Waals surface area contributed by atoms with Crippen molar-refractivity contribution in [3.63, 3.8) is 0 Å². The first-order chi connectivity index (χ1) is 5.18. The second kappa shape index (κ2) is 2.18. The zero-order chi connectivity index (χ0) is 8.01. The maximum atomic E-state index is 11.3. The largest absolute Gasteiger partial charge is 0.304 e. The fraction of sp³-hybridized carbons (Fsp3) is 0.667. The Morgan fingerprint density at radius 2 is 2.27 bits per heavy atom. The van der Waals surface area contributed by atoms with Crippen molar-refractivity contribution in [3.8, 4) is 0 Å². The lowest BCUT2D eigenvalue weighted by Gasteiger charge is -2.10. The van der Waals surface area contributed by atoms with Gasteiger partial charge >= 0.3 is 0 Å².